The number of nitrogens with zero attached hydrogens (tertiary/aromatic N) is 2. The predicted octanol–water partition coefficient (Wildman–Crippen LogP) is 1.67. The van der Waals surface area contributed by atoms with Crippen molar-refractivity contribution in [1.29, 1.82) is 0 Å². The van der Waals surface area contributed by atoms with E-state index in [1.54, 1.807) is 26.4 Å². The van der Waals surface area contributed by atoms with Crippen LogP contribution in [-0.2, 0) is 6.54 Å². The quantitative estimate of drug-likeness (QED) is 0.876. The van der Waals surface area contributed by atoms with E-state index in [0.717, 1.165) is 0 Å². The molecular formula is C14H19N3O4. The lowest BCUT2D eigenvalue weighted by Gasteiger charge is -2.15. The first-order valence-electron chi connectivity index (χ1n) is 6.70. The Morgan fingerprint density at radius 2 is 1.81 bits per heavy atom. The van der Waals surface area contributed by atoms with Crippen LogP contribution in [0.3, 0.4) is 0 Å². The van der Waals surface area contributed by atoms with Crippen LogP contribution < -0.4 is 19.9 Å². The molecule has 0 spiro atoms. The third-order valence-electron chi connectivity index (χ3n) is 3.08. The SMILES string of the molecule is CCOc1c(OC)cc(-c2n[nH]c(=O)n2CC)cc1OC. The van der Waals surface area contributed by atoms with Crippen LogP contribution in [0.4, 0.5) is 0 Å². The molecule has 114 valence electrons. The van der Waals surface area contributed by atoms with Crippen LogP contribution in [0.2, 0.25) is 0 Å². The molecule has 0 aliphatic heterocycles. The summed E-state index contributed by atoms with van der Waals surface area (Å²) in [6.07, 6.45) is 0. The number of methoxy groups -OCH3 is 2. The van der Waals surface area contributed by atoms with E-state index in [9.17, 15) is 4.79 Å². The molecule has 0 saturated carbocycles. The zero-order chi connectivity index (χ0) is 15.4. The van der Waals surface area contributed by atoms with Gasteiger partial charge in [0.2, 0.25) is 5.75 Å². The van der Waals surface area contributed by atoms with Gasteiger partial charge in [-0.05, 0) is 26.0 Å². The number of hydrogen-bond acceptors (Lipinski definition) is 5. The highest BCUT2D eigenvalue weighted by Gasteiger charge is 2.18. The predicted molar refractivity (Wildman–Crippen MR) is 78.2 cm³/mol. The Morgan fingerprint density at radius 3 is 2.29 bits per heavy atom. The lowest BCUT2D eigenvalue weighted by atomic mass is 10.1. The van der Waals surface area contributed by atoms with Crippen LogP contribution in [0, 0.1) is 0 Å². The summed E-state index contributed by atoms with van der Waals surface area (Å²) in [6.45, 7) is 4.77. The average molecular weight is 293 g/mol. The summed E-state index contributed by atoms with van der Waals surface area (Å²) < 4.78 is 17.8. The second kappa shape index (κ2) is 6.34. The number of rotatable bonds is 6. The minimum Gasteiger partial charge on any atom is -0.493 e. The van der Waals surface area contributed by atoms with E-state index in [-0.39, 0.29) is 5.69 Å². The van der Waals surface area contributed by atoms with Crippen molar-refractivity contribution >= 4 is 0 Å². The fraction of sp³-hybridized carbons (Fsp3) is 0.429. The molecule has 0 fully saturated rings. The highest BCUT2D eigenvalue weighted by molar-refractivity contribution is 5.66. The topological polar surface area (TPSA) is 78.4 Å². The van der Waals surface area contributed by atoms with Crippen molar-refractivity contribution in [3.63, 3.8) is 0 Å². The van der Waals surface area contributed by atoms with Gasteiger partial charge in [-0.25, -0.2) is 9.89 Å². The van der Waals surface area contributed by atoms with Gasteiger partial charge in [0.25, 0.3) is 0 Å². The lowest BCUT2D eigenvalue weighted by molar-refractivity contribution is 0.288. The largest absolute Gasteiger partial charge is 0.493 e. The number of ether oxygens (including phenoxy) is 3. The molecule has 0 aliphatic carbocycles. The molecule has 1 N–H and O–H groups in total. The van der Waals surface area contributed by atoms with E-state index in [1.165, 1.54) is 4.57 Å². The summed E-state index contributed by atoms with van der Waals surface area (Å²) in [7, 11) is 3.11. The number of aromatic nitrogens is 3. The third kappa shape index (κ3) is 2.72. The Hall–Kier alpha value is -2.44. The Balaban J connectivity index is 2.62. The molecule has 2 rings (SSSR count). The van der Waals surface area contributed by atoms with E-state index >= 15 is 0 Å². The van der Waals surface area contributed by atoms with Gasteiger partial charge < -0.3 is 14.2 Å². The van der Waals surface area contributed by atoms with Crippen LogP contribution in [-0.4, -0.2) is 35.6 Å². The first-order chi connectivity index (χ1) is 10.2. The Labute approximate surface area is 122 Å². The van der Waals surface area contributed by atoms with E-state index in [1.807, 2.05) is 13.8 Å². The number of H-pyrrole nitrogens is 1. The summed E-state index contributed by atoms with van der Waals surface area (Å²) in [5.74, 6) is 2.13. The molecule has 1 aromatic heterocycles. The van der Waals surface area contributed by atoms with Gasteiger partial charge in [0, 0.05) is 12.1 Å². The van der Waals surface area contributed by atoms with Crippen molar-refractivity contribution in [1.82, 2.24) is 14.8 Å². The van der Waals surface area contributed by atoms with Gasteiger partial charge in [0.15, 0.2) is 17.3 Å². The van der Waals surface area contributed by atoms with Gasteiger partial charge in [-0.3, -0.25) is 4.57 Å². The van der Waals surface area contributed by atoms with E-state index in [0.29, 0.717) is 41.8 Å². The van der Waals surface area contributed by atoms with Crippen molar-refractivity contribution in [3.05, 3.63) is 22.6 Å². The van der Waals surface area contributed by atoms with Gasteiger partial charge in [0.1, 0.15) is 0 Å². The Kier molecular flexibility index (Phi) is 4.52. The van der Waals surface area contributed by atoms with Gasteiger partial charge >= 0.3 is 5.69 Å². The summed E-state index contributed by atoms with van der Waals surface area (Å²) in [4.78, 5) is 11.7. The average Bonchev–Trinajstić information content (AvgIpc) is 2.88. The molecule has 0 aliphatic rings. The highest BCUT2D eigenvalue weighted by Crippen LogP contribution is 2.40. The molecule has 7 heteroatoms. The first-order valence-corrected chi connectivity index (χ1v) is 6.70. The zero-order valence-corrected chi connectivity index (χ0v) is 12.6. The van der Waals surface area contributed by atoms with E-state index < -0.39 is 0 Å². The van der Waals surface area contributed by atoms with Crippen LogP contribution >= 0.6 is 0 Å². The summed E-state index contributed by atoms with van der Waals surface area (Å²) >= 11 is 0. The van der Waals surface area contributed by atoms with Gasteiger partial charge in [-0.15, -0.1) is 0 Å². The van der Waals surface area contributed by atoms with Crippen molar-refractivity contribution in [3.8, 4) is 28.6 Å². The molecule has 2 aromatic rings. The summed E-state index contributed by atoms with van der Waals surface area (Å²) in [6, 6.07) is 3.55. The number of hydrogen-bond donors (Lipinski definition) is 1. The normalized spacial score (nSPS) is 10.5. The Bertz CT molecular complexity index is 650. The van der Waals surface area contributed by atoms with Crippen LogP contribution in [0.5, 0.6) is 17.2 Å². The maximum Gasteiger partial charge on any atom is 0.343 e. The molecule has 1 aromatic carbocycles. The highest BCUT2D eigenvalue weighted by atomic mass is 16.5. The molecule has 0 saturated heterocycles. The molecule has 0 bridgehead atoms. The van der Waals surface area contributed by atoms with Crippen molar-refractivity contribution in [2.45, 2.75) is 20.4 Å². The molecule has 0 atom stereocenters. The zero-order valence-electron chi connectivity index (χ0n) is 12.6. The second-order valence-corrected chi connectivity index (χ2v) is 4.24. The molecule has 0 amide bonds. The molecule has 0 radical (unpaired) electrons. The molecular weight excluding hydrogens is 274 g/mol. The second-order valence-electron chi connectivity index (χ2n) is 4.24. The van der Waals surface area contributed by atoms with Crippen molar-refractivity contribution in [2.75, 3.05) is 20.8 Å². The first kappa shape index (κ1) is 15.0. The standard InChI is InChI=1S/C14H19N3O4/c1-5-17-13(15-16-14(17)18)9-7-10(19-3)12(21-6-2)11(8-9)20-4/h7-8H,5-6H2,1-4H3,(H,16,18). The summed E-state index contributed by atoms with van der Waals surface area (Å²) in [5.41, 5.74) is 0.465. The van der Waals surface area contributed by atoms with E-state index in [2.05, 4.69) is 10.2 Å². The molecule has 1 heterocycles. The number of benzene rings is 1. The smallest absolute Gasteiger partial charge is 0.343 e. The maximum absolute atomic E-state index is 11.7. The third-order valence-corrected chi connectivity index (χ3v) is 3.08. The minimum atomic E-state index is -0.251. The Morgan fingerprint density at radius 1 is 1.19 bits per heavy atom. The van der Waals surface area contributed by atoms with E-state index in [4.69, 9.17) is 14.2 Å². The van der Waals surface area contributed by atoms with Gasteiger partial charge in [0.05, 0.1) is 20.8 Å². The monoisotopic (exact) mass is 293 g/mol. The fourth-order valence-corrected chi connectivity index (χ4v) is 2.13. The van der Waals surface area contributed by atoms with Crippen LogP contribution in [0.25, 0.3) is 11.4 Å². The maximum atomic E-state index is 11.7. The van der Waals surface area contributed by atoms with Crippen molar-refractivity contribution < 1.29 is 14.2 Å². The number of aromatic amines is 1. The fourth-order valence-electron chi connectivity index (χ4n) is 2.13. The summed E-state index contributed by atoms with van der Waals surface area (Å²) in [5, 5.41) is 6.50. The van der Waals surface area contributed by atoms with Gasteiger partial charge in [-0.1, -0.05) is 0 Å². The molecule has 0 unspecified atom stereocenters. The molecule has 21 heavy (non-hydrogen) atoms. The minimum absolute atomic E-state index is 0.251. The number of nitrogens with one attached hydrogen (secondary N) is 1. The lowest BCUT2D eigenvalue weighted by Crippen LogP contribution is -2.16. The van der Waals surface area contributed by atoms with Gasteiger partial charge in [-0.2, -0.15) is 5.10 Å². The molecule has 7 nitrogen and oxygen atoms in total. The van der Waals surface area contributed by atoms with Crippen LogP contribution in [0.15, 0.2) is 16.9 Å². The van der Waals surface area contributed by atoms with Crippen LogP contribution in [0.1, 0.15) is 13.8 Å². The van der Waals surface area contributed by atoms with Crippen molar-refractivity contribution in [2.24, 2.45) is 0 Å².